The molecule has 0 rings (SSSR count). The standard InChI is InChI=1S/CHB33/c2-23(3)20(24(4)5)1(21(25(6)7)32(26(8)9)27(10)11)22(33(28(12)13)29(14)15)34(30(16)17)31(18)19/h1H. The van der Waals surface area contributed by atoms with Gasteiger partial charge in [-0.2, -0.15) is 0 Å². The molecule has 0 saturated heterocycles. The van der Waals surface area contributed by atoms with E-state index in [4.69, 9.17) is 139 Å². The predicted octanol–water partition coefficient (Wildman–Crippen LogP) is -12.2. The maximum atomic E-state index is 6.24. The molecule has 0 saturated carbocycles. The highest BCUT2D eigenvalue weighted by molar-refractivity contribution is 8.12. The van der Waals surface area contributed by atoms with E-state index in [0.717, 1.165) is 0 Å². The fourth-order valence-corrected chi connectivity index (χ4v) is 5.39. The molecule has 0 fully saturated rings. The van der Waals surface area contributed by atoms with Crippen LogP contribution in [-0.2, 0) is 0 Å². The Morgan fingerprint density at radius 2 is 0.441 bits per heavy atom. The molecule has 0 aromatic rings. The molecule has 0 aliphatic rings. The van der Waals surface area contributed by atoms with E-state index in [1.807, 2.05) is 0 Å². The average Bonchev–Trinajstić information content (AvgIpc) is 2.60. The molecular formula is CHB33. The number of hydrogen-bond acceptors (Lipinski definition) is 0. The molecule has 36 radical (unpaired) electrons. The molecule has 0 nitrogen and oxygen atoms in total. The lowest BCUT2D eigenvalue weighted by Gasteiger charge is -2.53. The molecule has 104 valence electrons. The highest BCUT2D eigenvalue weighted by Crippen LogP contribution is 2.27. The Hall–Kier alpha value is 2.14. The summed E-state index contributed by atoms with van der Waals surface area (Å²) in [6.45, 7) is -2.84. The van der Waals surface area contributed by atoms with Crippen molar-refractivity contribution in [3.05, 3.63) is 0 Å². The van der Waals surface area contributed by atoms with E-state index >= 15 is 0 Å². The van der Waals surface area contributed by atoms with Gasteiger partial charge in [0.25, 0.3) is 0 Å². The minimum absolute atomic E-state index is 0.917. The zero-order valence-corrected chi connectivity index (χ0v) is 19.6. The van der Waals surface area contributed by atoms with Crippen LogP contribution in [0.5, 0.6) is 0 Å². The predicted molar refractivity (Wildman–Crippen MR) is 194 cm³/mol. The van der Waals surface area contributed by atoms with E-state index in [2.05, 4.69) is 0 Å². The minimum Gasteiger partial charge on any atom is -0.146 e. The van der Waals surface area contributed by atoms with E-state index in [-0.39, 0.29) is 0 Å². The van der Waals surface area contributed by atoms with Gasteiger partial charge < -0.3 is 0 Å². The normalized spacial score (nSPS) is 10.6. The maximum Gasteiger partial charge on any atom is 0.0294 e. The van der Waals surface area contributed by atoms with Gasteiger partial charge in [0.1, 0.15) is 0 Å². The Morgan fingerprint density at radius 1 is 0.235 bits per heavy atom. The molecular weight excluding hydrogens is 369 g/mol. The van der Waals surface area contributed by atoms with Crippen molar-refractivity contribution in [1.82, 2.24) is 0 Å². The van der Waals surface area contributed by atoms with Crippen LogP contribution in [0.25, 0.3) is 0 Å². The Balaban J connectivity index is 7.58. The summed E-state index contributed by atoms with van der Waals surface area (Å²) in [6.07, 6.45) is -12.9. The van der Waals surface area contributed by atoms with Gasteiger partial charge in [-0.3, -0.25) is 0 Å². The van der Waals surface area contributed by atoms with Gasteiger partial charge in [0.2, 0.25) is 0 Å². The lowest BCUT2D eigenvalue weighted by molar-refractivity contribution is 1.80. The van der Waals surface area contributed by atoms with Crippen LogP contribution >= 0.6 is 0 Å². The van der Waals surface area contributed by atoms with Crippen molar-refractivity contribution in [2.24, 2.45) is 0 Å². The molecule has 0 aromatic carbocycles. The molecule has 0 aliphatic heterocycles. The lowest BCUT2D eigenvalue weighted by atomic mass is 8.41. The van der Waals surface area contributed by atoms with Gasteiger partial charge in [-0.05, 0) is 0 Å². The summed E-state index contributed by atoms with van der Waals surface area (Å²) in [5, 5.41) is 0. The van der Waals surface area contributed by atoms with E-state index < -0.39 is 102 Å². The third kappa shape index (κ3) is 9.71. The van der Waals surface area contributed by atoms with Crippen LogP contribution in [-0.4, -0.2) is 235 Å². The molecule has 33 heteroatoms. The molecule has 0 heterocycles. The molecule has 0 aromatic heterocycles. The molecule has 0 spiro atoms. The Bertz CT molecular complexity index is 473. The van der Waals surface area contributed by atoms with Crippen molar-refractivity contribution < 1.29 is 0 Å². The second-order valence-electron chi connectivity index (χ2n) is 9.24. The maximum absolute atomic E-state index is 6.24. The minimum atomic E-state index is -1.16. The highest BCUT2D eigenvalue weighted by atomic mass is 13.7. The summed E-state index contributed by atoms with van der Waals surface area (Å²) in [5.74, 6) is 0. The average molecular weight is 370 g/mol. The Morgan fingerprint density at radius 3 is 0.618 bits per heavy atom. The van der Waals surface area contributed by atoms with E-state index in [0.29, 0.717) is 0 Å². The Kier molecular flexibility index (Phi) is 17.3. The molecule has 1 unspecified atom stereocenters. The van der Waals surface area contributed by atoms with Gasteiger partial charge in [-0.15, -0.1) is 5.62 Å². The Labute approximate surface area is 239 Å². The molecule has 0 bridgehead atoms. The molecule has 1 atom stereocenters. The van der Waals surface area contributed by atoms with Crippen molar-refractivity contribution >= 4 is 235 Å². The zero-order chi connectivity index (χ0) is 27.2. The van der Waals surface area contributed by atoms with Crippen LogP contribution in [0.15, 0.2) is 0 Å². The monoisotopic (exact) mass is 376 g/mol. The first-order valence-electron chi connectivity index (χ1n) is 11.0. The number of hydrogen-bond donors (Lipinski definition) is 0. The smallest absolute Gasteiger partial charge is 0.0294 e. The highest BCUT2D eigenvalue weighted by Gasteiger charge is 2.53. The quantitative estimate of drug-likeness (QED) is 0.252. The van der Waals surface area contributed by atoms with Crippen molar-refractivity contribution in [2.75, 3.05) is 0 Å². The van der Waals surface area contributed by atoms with E-state index in [9.17, 15) is 0 Å². The van der Waals surface area contributed by atoms with E-state index in [1.165, 1.54) is 0 Å². The first-order valence-corrected chi connectivity index (χ1v) is 11.0. The molecule has 0 aliphatic carbocycles. The van der Waals surface area contributed by atoms with Gasteiger partial charge >= 0.3 is 0 Å². The largest absolute Gasteiger partial charge is 0.146 e. The first kappa shape index (κ1) is 36.1. The van der Waals surface area contributed by atoms with Gasteiger partial charge in [0.05, 0.1) is 0 Å². The summed E-state index contributed by atoms with van der Waals surface area (Å²) in [5.41, 5.74) is -0.947. The topological polar surface area (TPSA) is 0 Å². The van der Waals surface area contributed by atoms with Crippen molar-refractivity contribution in [1.29, 1.82) is 0 Å². The summed E-state index contributed by atoms with van der Waals surface area (Å²) in [4.78, 5) is 0. The lowest BCUT2D eigenvalue weighted by Crippen LogP contribution is -2.83. The fourth-order valence-electron chi connectivity index (χ4n) is 5.39. The van der Waals surface area contributed by atoms with Crippen LogP contribution in [0.3, 0.4) is 0 Å². The molecule has 0 N–H and O–H groups in total. The summed E-state index contributed by atoms with van der Waals surface area (Å²) in [6, 6.07) is 0. The van der Waals surface area contributed by atoms with Gasteiger partial charge in [-0.25, -0.2) is 0 Å². The zero-order valence-electron chi connectivity index (χ0n) is 19.6. The van der Waals surface area contributed by atoms with Crippen molar-refractivity contribution in [3.63, 3.8) is 0 Å². The van der Waals surface area contributed by atoms with Gasteiger partial charge in [0.15, 0.2) is 0 Å². The summed E-state index contributed by atoms with van der Waals surface area (Å²) < 4.78 is 0. The van der Waals surface area contributed by atoms with Crippen LogP contribution in [0.2, 0.25) is 5.62 Å². The van der Waals surface area contributed by atoms with Crippen molar-refractivity contribution in [3.8, 4) is 0 Å². The summed E-state index contributed by atoms with van der Waals surface area (Å²) >= 11 is 0. The van der Waals surface area contributed by atoms with Gasteiger partial charge in [0, 0.05) is 235 Å². The first-order chi connectivity index (χ1) is 15.4. The third-order valence-corrected chi connectivity index (χ3v) is 6.67. The van der Waals surface area contributed by atoms with E-state index in [1.54, 1.807) is 0 Å². The molecule has 0 amide bonds. The molecule has 34 heavy (non-hydrogen) atoms. The summed E-state index contributed by atoms with van der Waals surface area (Å²) in [7, 11) is 110. The van der Waals surface area contributed by atoms with Crippen molar-refractivity contribution in [2.45, 2.75) is 5.62 Å². The SMILES string of the molecule is [B]B([B])B(B([B])[B])B(B([B])[B])C(B(B([B])[B])B([B])[B])B(B(B([B])[B])B([B])[B])B(B([B])[B])B([B])[B]. The van der Waals surface area contributed by atoms with Gasteiger partial charge in [-0.1, -0.05) is 0 Å². The fraction of sp³-hybridized carbons (Fsp3) is 1.00. The number of rotatable bonds is 15. The van der Waals surface area contributed by atoms with Crippen LogP contribution in [0.1, 0.15) is 0 Å². The second kappa shape index (κ2) is 16.3. The van der Waals surface area contributed by atoms with Crippen LogP contribution in [0, 0.1) is 0 Å². The van der Waals surface area contributed by atoms with Crippen LogP contribution in [0.4, 0.5) is 0 Å². The van der Waals surface area contributed by atoms with Crippen LogP contribution < -0.4 is 0 Å². The second-order valence-corrected chi connectivity index (χ2v) is 9.24. The third-order valence-electron chi connectivity index (χ3n) is 6.67.